The smallest absolute Gasteiger partial charge is 0.109 e. The maximum Gasteiger partial charge on any atom is 0.109 e. The van der Waals surface area contributed by atoms with Gasteiger partial charge in [-0.1, -0.05) is 32.4 Å². The summed E-state index contributed by atoms with van der Waals surface area (Å²) in [6.45, 7) is 5.33. The lowest BCUT2D eigenvalue weighted by molar-refractivity contribution is 0.151. The molecule has 20 heavy (non-hydrogen) atoms. The second-order valence-corrected chi connectivity index (χ2v) is 5.50. The average molecular weight is 274 g/mol. The number of aliphatic hydroxyl groups is 1. The molecule has 0 amide bonds. The first kappa shape index (κ1) is 15.0. The Balaban J connectivity index is 2.06. The molecule has 1 N–H and O–H groups in total. The highest BCUT2D eigenvalue weighted by Crippen LogP contribution is 2.18. The Morgan fingerprint density at radius 2 is 1.95 bits per heavy atom. The standard InChI is InChI=1S/C17H26N2O/c1-3-8-14(20)9-7-12-17-18-15-10-5-6-11-16(15)19(17)13-4-2/h5-6,10-11,14,20H,3-4,7-9,12-13H2,1-2H3. The van der Waals surface area contributed by atoms with E-state index >= 15 is 0 Å². The van der Waals surface area contributed by atoms with Crippen molar-refractivity contribution >= 4 is 11.0 Å². The summed E-state index contributed by atoms with van der Waals surface area (Å²) in [5.74, 6) is 1.16. The van der Waals surface area contributed by atoms with Crippen LogP contribution in [0.25, 0.3) is 11.0 Å². The number of fused-ring (bicyclic) bond motifs is 1. The van der Waals surface area contributed by atoms with Gasteiger partial charge in [-0.2, -0.15) is 0 Å². The fraction of sp³-hybridized carbons (Fsp3) is 0.588. The number of imidazole rings is 1. The number of rotatable bonds is 8. The van der Waals surface area contributed by atoms with E-state index in [0.717, 1.165) is 56.4 Å². The predicted molar refractivity (Wildman–Crippen MR) is 83.9 cm³/mol. The van der Waals surface area contributed by atoms with Crippen LogP contribution in [0.1, 0.15) is 51.8 Å². The van der Waals surface area contributed by atoms with E-state index < -0.39 is 0 Å². The summed E-state index contributed by atoms with van der Waals surface area (Å²) in [4.78, 5) is 4.76. The Morgan fingerprint density at radius 3 is 2.70 bits per heavy atom. The lowest BCUT2D eigenvalue weighted by Gasteiger charge is -2.10. The fourth-order valence-corrected chi connectivity index (χ4v) is 2.76. The summed E-state index contributed by atoms with van der Waals surface area (Å²) in [7, 11) is 0. The number of para-hydroxylation sites is 2. The largest absolute Gasteiger partial charge is 0.393 e. The number of benzene rings is 1. The molecule has 3 heteroatoms. The average Bonchev–Trinajstić information content (AvgIpc) is 2.78. The van der Waals surface area contributed by atoms with Crippen LogP contribution < -0.4 is 0 Å². The molecule has 0 spiro atoms. The predicted octanol–water partition coefficient (Wildman–Crippen LogP) is 3.93. The summed E-state index contributed by atoms with van der Waals surface area (Å²) in [5.41, 5.74) is 2.32. The van der Waals surface area contributed by atoms with Gasteiger partial charge < -0.3 is 9.67 Å². The van der Waals surface area contributed by atoms with E-state index in [4.69, 9.17) is 4.98 Å². The highest BCUT2D eigenvalue weighted by atomic mass is 16.3. The van der Waals surface area contributed by atoms with E-state index in [-0.39, 0.29) is 6.10 Å². The van der Waals surface area contributed by atoms with Crippen LogP contribution in [0.3, 0.4) is 0 Å². The minimum atomic E-state index is -0.149. The molecule has 0 saturated heterocycles. The molecule has 0 radical (unpaired) electrons. The van der Waals surface area contributed by atoms with Gasteiger partial charge in [-0.3, -0.25) is 0 Å². The van der Waals surface area contributed by atoms with Crippen molar-refractivity contribution in [3.05, 3.63) is 30.1 Å². The molecule has 0 saturated carbocycles. The van der Waals surface area contributed by atoms with Crippen molar-refractivity contribution in [2.45, 2.75) is 65.0 Å². The summed E-state index contributed by atoms with van der Waals surface area (Å²) < 4.78 is 2.33. The fourth-order valence-electron chi connectivity index (χ4n) is 2.76. The molecule has 1 aromatic carbocycles. The molecule has 0 aliphatic heterocycles. The van der Waals surface area contributed by atoms with E-state index in [1.807, 2.05) is 6.07 Å². The van der Waals surface area contributed by atoms with Crippen LogP contribution in [0.2, 0.25) is 0 Å². The second kappa shape index (κ2) is 7.44. The number of aryl methyl sites for hydroxylation is 2. The molecule has 0 aliphatic rings. The lowest BCUT2D eigenvalue weighted by atomic mass is 10.1. The van der Waals surface area contributed by atoms with Gasteiger partial charge in [0.05, 0.1) is 17.1 Å². The monoisotopic (exact) mass is 274 g/mol. The Hall–Kier alpha value is -1.35. The second-order valence-electron chi connectivity index (χ2n) is 5.50. The van der Waals surface area contributed by atoms with Crippen molar-refractivity contribution in [1.82, 2.24) is 9.55 Å². The van der Waals surface area contributed by atoms with Gasteiger partial charge in [0.1, 0.15) is 5.82 Å². The van der Waals surface area contributed by atoms with Crippen LogP contribution in [0.5, 0.6) is 0 Å². The van der Waals surface area contributed by atoms with Crippen LogP contribution in [0.4, 0.5) is 0 Å². The van der Waals surface area contributed by atoms with E-state index in [0.29, 0.717) is 0 Å². The van der Waals surface area contributed by atoms with Crippen molar-refractivity contribution in [3.8, 4) is 0 Å². The van der Waals surface area contributed by atoms with E-state index in [2.05, 4.69) is 36.6 Å². The van der Waals surface area contributed by atoms with Gasteiger partial charge in [-0.15, -0.1) is 0 Å². The van der Waals surface area contributed by atoms with Gasteiger partial charge in [-0.25, -0.2) is 4.98 Å². The van der Waals surface area contributed by atoms with E-state index in [1.165, 1.54) is 5.52 Å². The molecule has 2 rings (SSSR count). The van der Waals surface area contributed by atoms with E-state index in [9.17, 15) is 5.11 Å². The number of aliphatic hydroxyl groups excluding tert-OH is 1. The van der Waals surface area contributed by atoms with Crippen molar-refractivity contribution in [2.24, 2.45) is 0 Å². The molecule has 1 heterocycles. The molecule has 110 valence electrons. The highest BCUT2D eigenvalue weighted by molar-refractivity contribution is 5.75. The van der Waals surface area contributed by atoms with E-state index in [1.54, 1.807) is 0 Å². The first-order chi connectivity index (χ1) is 9.76. The summed E-state index contributed by atoms with van der Waals surface area (Å²) in [5, 5.41) is 9.81. The quantitative estimate of drug-likeness (QED) is 0.792. The topological polar surface area (TPSA) is 38.1 Å². The molecule has 1 unspecified atom stereocenters. The van der Waals surface area contributed by atoms with Gasteiger partial charge in [0.2, 0.25) is 0 Å². The van der Waals surface area contributed by atoms with Gasteiger partial charge in [0.25, 0.3) is 0 Å². The number of hydrogen-bond acceptors (Lipinski definition) is 2. The highest BCUT2D eigenvalue weighted by Gasteiger charge is 2.10. The molecule has 0 aliphatic carbocycles. The van der Waals surface area contributed by atoms with Crippen LogP contribution in [-0.4, -0.2) is 20.8 Å². The molecule has 2 aromatic rings. The molecule has 0 fully saturated rings. The van der Waals surface area contributed by atoms with Crippen molar-refractivity contribution < 1.29 is 5.11 Å². The first-order valence-corrected chi connectivity index (χ1v) is 7.88. The van der Waals surface area contributed by atoms with Crippen LogP contribution in [-0.2, 0) is 13.0 Å². The third-order valence-corrected chi connectivity index (χ3v) is 3.74. The summed E-state index contributed by atoms with van der Waals surface area (Å²) in [6, 6.07) is 8.34. The van der Waals surface area contributed by atoms with Gasteiger partial charge in [0.15, 0.2) is 0 Å². The number of aromatic nitrogens is 2. The van der Waals surface area contributed by atoms with Crippen LogP contribution >= 0.6 is 0 Å². The normalized spacial score (nSPS) is 12.9. The zero-order valence-corrected chi connectivity index (χ0v) is 12.7. The van der Waals surface area contributed by atoms with Crippen LogP contribution in [0, 0.1) is 0 Å². The Morgan fingerprint density at radius 1 is 1.15 bits per heavy atom. The number of hydrogen-bond donors (Lipinski definition) is 1. The van der Waals surface area contributed by atoms with Crippen molar-refractivity contribution in [3.63, 3.8) is 0 Å². The van der Waals surface area contributed by atoms with Gasteiger partial charge in [-0.05, 0) is 37.8 Å². The maximum atomic E-state index is 9.81. The molecule has 1 atom stereocenters. The molecular formula is C17H26N2O. The third kappa shape index (κ3) is 3.60. The number of nitrogens with zero attached hydrogens (tertiary/aromatic N) is 2. The molecule has 1 aromatic heterocycles. The Bertz CT molecular complexity index is 533. The van der Waals surface area contributed by atoms with Crippen molar-refractivity contribution in [2.75, 3.05) is 0 Å². The minimum Gasteiger partial charge on any atom is -0.393 e. The zero-order valence-electron chi connectivity index (χ0n) is 12.7. The minimum absolute atomic E-state index is 0.149. The molecular weight excluding hydrogens is 248 g/mol. The SMILES string of the molecule is CCCC(O)CCCc1nc2ccccc2n1CCC. The summed E-state index contributed by atoms with van der Waals surface area (Å²) >= 11 is 0. The zero-order chi connectivity index (χ0) is 14.4. The van der Waals surface area contributed by atoms with Crippen molar-refractivity contribution in [1.29, 1.82) is 0 Å². The van der Waals surface area contributed by atoms with Crippen LogP contribution in [0.15, 0.2) is 24.3 Å². The summed E-state index contributed by atoms with van der Waals surface area (Å²) in [6.07, 6.45) is 5.77. The molecule has 0 bridgehead atoms. The lowest BCUT2D eigenvalue weighted by Crippen LogP contribution is -2.08. The van der Waals surface area contributed by atoms with Gasteiger partial charge in [0, 0.05) is 13.0 Å². The van der Waals surface area contributed by atoms with Gasteiger partial charge >= 0.3 is 0 Å². The Kier molecular flexibility index (Phi) is 5.60. The molecule has 3 nitrogen and oxygen atoms in total. The Labute approximate surface area is 121 Å². The third-order valence-electron chi connectivity index (χ3n) is 3.74. The maximum absolute atomic E-state index is 9.81. The first-order valence-electron chi connectivity index (χ1n) is 7.88.